The molecule has 1 aromatic carbocycles. The minimum absolute atomic E-state index is 0.209. The quantitative estimate of drug-likeness (QED) is 0.814. The first-order valence-corrected chi connectivity index (χ1v) is 4.57. The second kappa shape index (κ2) is 5.27. The van der Waals surface area contributed by atoms with Gasteiger partial charge < -0.3 is 15.6 Å². The third-order valence-corrected chi connectivity index (χ3v) is 1.95. The zero-order valence-corrected chi connectivity index (χ0v) is 8.74. The van der Waals surface area contributed by atoms with Gasteiger partial charge in [0, 0.05) is 6.54 Å². The third-order valence-electron chi connectivity index (χ3n) is 1.95. The Morgan fingerprint density at radius 1 is 1.62 bits per heavy atom. The summed E-state index contributed by atoms with van der Waals surface area (Å²) in [4.78, 5) is 10.9. The summed E-state index contributed by atoms with van der Waals surface area (Å²) in [5.41, 5.74) is 5.47. The number of rotatable bonds is 4. The van der Waals surface area contributed by atoms with Crippen LogP contribution in [-0.4, -0.2) is 24.7 Å². The molecule has 1 rings (SSSR count). The van der Waals surface area contributed by atoms with Gasteiger partial charge in [0.1, 0.15) is 5.56 Å². The van der Waals surface area contributed by atoms with Gasteiger partial charge in [-0.3, -0.25) is 0 Å². The van der Waals surface area contributed by atoms with E-state index < -0.39 is 11.8 Å². The highest BCUT2D eigenvalue weighted by Gasteiger charge is 2.16. The number of hydrogen-bond acceptors (Lipinski definition) is 3. The molecule has 0 aliphatic rings. The van der Waals surface area contributed by atoms with Gasteiger partial charge >= 0.3 is 5.97 Å². The van der Waals surface area contributed by atoms with E-state index in [0.717, 1.165) is 0 Å². The van der Waals surface area contributed by atoms with Crippen molar-refractivity contribution in [3.8, 4) is 5.75 Å². The van der Waals surface area contributed by atoms with Crippen LogP contribution < -0.4 is 10.5 Å². The fourth-order valence-electron chi connectivity index (χ4n) is 1.28. The van der Waals surface area contributed by atoms with Gasteiger partial charge in [-0.25, -0.2) is 9.18 Å². The highest BCUT2D eigenvalue weighted by molar-refractivity contribution is 5.91. The van der Waals surface area contributed by atoms with E-state index in [1.165, 1.54) is 19.2 Å². The molecule has 0 spiro atoms. The zero-order valence-electron chi connectivity index (χ0n) is 8.74. The molecule has 0 heterocycles. The SMILES string of the molecule is COc1c(F)cc(/C=C/CN)cc1C(=O)O. The Labute approximate surface area is 92.1 Å². The van der Waals surface area contributed by atoms with Crippen molar-refractivity contribution in [3.63, 3.8) is 0 Å². The van der Waals surface area contributed by atoms with E-state index in [9.17, 15) is 9.18 Å². The Morgan fingerprint density at radius 2 is 2.31 bits per heavy atom. The van der Waals surface area contributed by atoms with Crippen LogP contribution in [-0.2, 0) is 0 Å². The number of nitrogens with two attached hydrogens (primary N) is 1. The van der Waals surface area contributed by atoms with Crippen LogP contribution in [0.4, 0.5) is 4.39 Å². The predicted octanol–water partition coefficient (Wildman–Crippen LogP) is 1.50. The van der Waals surface area contributed by atoms with E-state index >= 15 is 0 Å². The molecule has 0 fully saturated rings. The molecule has 1 aromatic rings. The zero-order chi connectivity index (χ0) is 12.1. The monoisotopic (exact) mass is 225 g/mol. The molecular formula is C11H12FNO3. The van der Waals surface area contributed by atoms with Gasteiger partial charge in [-0.05, 0) is 17.7 Å². The average molecular weight is 225 g/mol. The van der Waals surface area contributed by atoms with E-state index in [2.05, 4.69) is 0 Å². The molecule has 0 aliphatic heterocycles. The smallest absolute Gasteiger partial charge is 0.339 e. The van der Waals surface area contributed by atoms with Gasteiger partial charge in [0.2, 0.25) is 0 Å². The molecule has 0 aliphatic carbocycles. The maximum atomic E-state index is 13.4. The molecule has 0 atom stereocenters. The van der Waals surface area contributed by atoms with E-state index in [1.807, 2.05) is 0 Å². The summed E-state index contributed by atoms with van der Waals surface area (Å²) in [5.74, 6) is -2.21. The number of ether oxygens (including phenoxy) is 1. The summed E-state index contributed by atoms with van der Waals surface area (Å²) in [7, 11) is 1.22. The minimum atomic E-state index is -1.24. The van der Waals surface area contributed by atoms with Gasteiger partial charge in [-0.2, -0.15) is 0 Å². The van der Waals surface area contributed by atoms with Gasteiger partial charge in [0.15, 0.2) is 11.6 Å². The molecule has 0 saturated heterocycles. The van der Waals surface area contributed by atoms with E-state index in [0.29, 0.717) is 12.1 Å². The topological polar surface area (TPSA) is 72.5 Å². The first-order valence-electron chi connectivity index (χ1n) is 4.57. The first-order chi connectivity index (χ1) is 7.60. The molecule has 4 nitrogen and oxygen atoms in total. The summed E-state index contributed by atoms with van der Waals surface area (Å²) in [6.45, 7) is 0.302. The molecule has 5 heteroatoms. The molecule has 16 heavy (non-hydrogen) atoms. The number of hydrogen-bond donors (Lipinski definition) is 2. The van der Waals surface area contributed by atoms with Crippen molar-refractivity contribution in [1.82, 2.24) is 0 Å². The van der Waals surface area contributed by atoms with Crippen LogP contribution in [0.1, 0.15) is 15.9 Å². The van der Waals surface area contributed by atoms with Crippen molar-refractivity contribution < 1.29 is 19.0 Å². The Kier molecular flexibility index (Phi) is 4.02. The molecule has 3 N–H and O–H groups in total. The molecular weight excluding hydrogens is 213 g/mol. The summed E-state index contributed by atoms with van der Waals surface area (Å²) in [6, 6.07) is 2.52. The number of carbonyl (C=O) groups is 1. The van der Waals surface area contributed by atoms with Crippen LogP contribution in [0.2, 0.25) is 0 Å². The van der Waals surface area contributed by atoms with Gasteiger partial charge in [0.25, 0.3) is 0 Å². The van der Waals surface area contributed by atoms with Crippen LogP contribution in [0.3, 0.4) is 0 Å². The lowest BCUT2D eigenvalue weighted by molar-refractivity contribution is 0.0692. The van der Waals surface area contributed by atoms with Crippen LogP contribution in [0.15, 0.2) is 18.2 Å². The van der Waals surface area contributed by atoms with Gasteiger partial charge in [-0.15, -0.1) is 0 Å². The van der Waals surface area contributed by atoms with Crippen LogP contribution >= 0.6 is 0 Å². The number of benzene rings is 1. The average Bonchev–Trinajstić information content (AvgIpc) is 2.25. The Morgan fingerprint density at radius 3 is 2.81 bits per heavy atom. The molecule has 0 radical (unpaired) electrons. The molecule has 0 saturated carbocycles. The standard InChI is InChI=1S/C11H12FNO3/c1-16-10-8(11(14)15)5-7(3-2-4-13)6-9(10)12/h2-3,5-6H,4,13H2,1H3,(H,14,15)/b3-2+. The molecule has 0 unspecified atom stereocenters. The lowest BCUT2D eigenvalue weighted by Gasteiger charge is -2.07. The molecule has 0 amide bonds. The second-order valence-electron chi connectivity index (χ2n) is 3.03. The van der Waals surface area contributed by atoms with Crippen LogP contribution in [0, 0.1) is 5.82 Å². The van der Waals surface area contributed by atoms with E-state index in [4.69, 9.17) is 15.6 Å². The summed E-state index contributed by atoms with van der Waals surface area (Å²) in [6.07, 6.45) is 3.15. The van der Waals surface area contributed by atoms with E-state index in [1.54, 1.807) is 12.2 Å². The summed E-state index contributed by atoms with van der Waals surface area (Å²) in [5, 5.41) is 8.88. The van der Waals surface area contributed by atoms with E-state index in [-0.39, 0.29) is 11.3 Å². The van der Waals surface area contributed by atoms with Crippen molar-refractivity contribution in [3.05, 3.63) is 35.2 Å². The Bertz CT molecular complexity index is 429. The predicted molar refractivity (Wildman–Crippen MR) is 58.0 cm³/mol. The van der Waals surface area contributed by atoms with Crippen molar-refractivity contribution in [2.45, 2.75) is 0 Å². The number of halogens is 1. The first kappa shape index (κ1) is 12.2. The van der Waals surface area contributed by atoms with Gasteiger partial charge in [0.05, 0.1) is 7.11 Å². The second-order valence-corrected chi connectivity index (χ2v) is 3.03. The molecule has 86 valence electrons. The maximum absolute atomic E-state index is 13.4. The fourth-order valence-corrected chi connectivity index (χ4v) is 1.28. The van der Waals surface area contributed by atoms with Crippen molar-refractivity contribution in [2.24, 2.45) is 5.73 Å². The third kappa shape index (κ3) is 2.58. The van der Waals surface area contributed by atoms with Gasteiger partial charge in [-0.1, -0.05) is 12.2 Å². The lowest BCUT2D eigenvalue weighted by atomic mass is 10.1. The summed E-state index contributed by atoms with van der Waals surface area (Å²) < 4.78 is 18.1. The van der Waals surface area contributed by atoms with Crippen LogP contribution in [0.25, 0.3) is 6.08 Å². The number of carboxylic acid groups (broad SMARTS) is 1. The molecule has 0 aromatic heterocycles. The normalized spacial score (nSPS) is 10.7. The van der Waals surface area contributed by atoms with Crippen molar-refractivity contribution in [1.29, 1.82) is 0 Å². The van der Waals surface area contributed by atoms with Crippen molar-refractivity contribution >= 4 is 12.0 Å². The Balaban J connectivity index is 3.28. The maximum Gasteiger partial charge on any atom is 0.339 e. The van der Waals surface area contributed by atoms with Crippen molar-refractivity contribution in [2.75, 3.05) is 13.7 Å². The van der Waals surface area contributed by atoms with Crippen LogP contribution in [0.5, 0.6) is 5.75 Å². The highest BCUT2D eigenvalue weighted by Crippen LogP contribution is 2.25. The number of methoxy groups -OCH3 is 1. The minimum Gasteiger partial charge on any atom is -0.493 e. The summed E-state index contributed by atoms with van der Waals surface area (Å²) >= 11 is 0. The highest BCUT2D eigenvalue weighted by atomic mass is 19.1. The largest absolute Gasteiger partial charge is 0.493 e. The molecule has 0 bridgehead atoms. The fraction of sp³-hybridized carbons (Fsp3) is 0.182. The number of aromatic carboxylic acids is 1. The lowest BCUT2D eigenvalue weighted by Crippen LogP contribution is -2.03. The number of carboxylic acids is 1. The Hall–Kier alpha value is -1.88.